The van der Waals surface area contributed by atoms with E-state index in [0.717, 1.165) is 0 Å². The van der Waals surface area contributed by atoms with E-state index >= 15 is 0 Å². The molecule has 1 rings (SSSR count). The normalized spacial score (nSPS) is 11.0. The molecule has 0 spiro atoms. The fourth-order valence-corrected chi connectivity index (χ4v) is 2.52. The van der Waals surface area contributed by atoms with Crippen molar-refractivity contribution in [3.05, 3.63) is 17.1 Å². The zero-order valence-electron chi connectivity index (χ0n) is 11.8. The molecule has 5 nitrogen and oxygen atoms in total. The molecule has 0 saturated carbocycles. The average molecular weight is 284 g/mol. The molecule has 0 radical (unpaired) electrons. The highest BCUT2D eigenvalue weighted by atomic mass is 32.2. The van der Waals surface area contributed by atoms with Gasteiger partial charge in [0.1, 0.15) is 16.4 Å². The number of carboxylic acid groups (broad SMARTS) is 1. The monoisotopic (exact) mass is 284 g/mol. The van der Waals surface area contributed by atoms with Gasteiger partial charge in [0.2, 0.25) is 0 Å². The second-order valence-corrected chi connectivity index (χ2v) is 5.74. The zero-order valence-corrected chi connectivity index (χ0v) is 12.6. The number of carboxylic acids is 1. The minimum absolute atomic E-state index is 0.194. The summed E-state index contributed by atoms with van der Waals surface area (Å²) >= 11 is 1.40. The molecule has 0 aromatic carbocycles. The van der Waals surface area contributed by atoms with Gasteiger partial charge in [-0.25, -0.2) is 14.8 Å². The van der Waals surface area contributed by atoms with Gasteiger partial charge in [-0.2, -0.15) is 0 Å². The van der Waals surface area contributed by atoms with E-state index in [0.29, 0.717) is 41.4 Å². The Balaban J connectivity index is 2.64. The number of aryl methyl sites for hydroxylation is 2. The van der Waals surface area contributed by atoms with Gasteiger partial charge in [-0.1, -0.05) is 13.8 Å². The van der Waals surface area contributed by atoms with Gasteiger partial charge >= 0.3 is 5.97 Å². The third-order valence-electron chi connectivity index (χ3n) is 2.30. The van der Waals surface area contributed by atoms with Gasteiger partial charge in [-0.15, -0.1) is 11.8 Å². The van der Waals surface area contributed by atoms with Gasteiger partial charge in [-0.05, 0) is 19.8 Å². The van der Waals surface area contributed by atoms with E-state index in [-0.39, 0.29) is 5.56 Å². The van der Waals surface area contributed by atoms with E-state index < -0.39 is 5.97 Å². The zero-order chi connectivity index (χ0) is 14.4. The summed E-state index contributed by atoms with van der Waals surface area (Å²) in [6.45, 7) is 8.94. The molecule has 0 saturated heterocycles. The highest BCUT2D eigenvalue weighted by Crippen LogP contribution is 2.22. The van der Waals surface area contributed by atoms with Crippen molar-refractivity contribution in [3.8, 4) is 0 Å². The molecule has 19 heavy (non-hydrogen) atoms. The predicted molar refractivity (Wildman–Crippen MR) is 74.8 cm³/mol. The van der Waals surface area contributed by atoms with E-state index in [2.05, 4.69) is 23.8 Å². The van der Waals surface area contributed by atoms with Crippen LogP contribution in [0.4, 0.5) is 0 Å². The van der Waals surface area contributed by atoms with Gasteiger partial charge < -0.3 is 9.84 Å². The first-order chi connectivity index (χ1) is 8.91. The summed E-state index contributed by atoms with van der Waals surface area (Å²) in [5.41, 5.74) is 0.699. The Hall–Kier alpha value is -1.14. The van der Waals surface area contributed by atoms with E-state index in [1.54, 1.807) is 13.8 Å². The van der Waals surface area contributed by atoms with E-state index in [1.165, 1.54) is 11.8 Å². The maximum absolute atomic E-state index is 11.2. The van der Waals surface area contributed by atoms with Crippen LogP contribution in [0.15, 0.2) is 5.03 Å². The van der Waals surface area contributed by atoms with Crippen molar-refractivity contribution < 1.29 is 14.6 Å². The summed E-state index contributed by atoms with van der Waals surface area (Å²) in [6, 6.07) is 0. The number of hydrogen-bond donors (Lipinski definition) is 1. The maximum atomic E-state index is 11.2. The summed E-state index contributed by atoms with van der Waals surface area (Å²) in [4.78, 5) is 19.5. The number of hydrogen-bond acceptors (Lipinski definition) is 5. The Morgan fingerprint density at radius 2 is 2.05 bits per heavy atom. The lowest BCUT2D eigenvalue weighted by molar-refractivity contribution is 0.0690. The minimum atomic E-state index is -0.983. The largest absolute Gasteiger partial charge is 0.478 e. The quantitative estimate of drug-likeness (QED) is 0.471. The first-order valence-electron chi connectivity index (χ1n) is 6.21. The van der Waals surface area contributed by atoms with Crippen LogP contribution in [-0.4, -0.2) is 40.0 Å². The Bertz CT molecular complexity index is 450. The SMILES string of the molecule is Cc1nc(C)c(C(=O)O)c(SCCOCC(C)C)n1. The van der Waals surface area contributed by atoms with Crippen LogP contribution in [0.5, 0.6) is 0 Å². The van der Waals surface area contributed by atoms with Crippen LogP contribution in [0.2, 0.25) is 0 Å². The second kappa shape index (κ2) is 7.45. The van der Waals surface area contributed by atoms with Crippen LogP contribution in [-0.2, 0) is 4.74 Å². The van der Waals surface area contributed by atoms with E-state index in [9.17, 15) is 9.90 Å². The topological polar surface area (TPSA) is 72.3 Å². The molecule has 0 aliphatic rings. The van der Waals surface area contributed by atoms with Crippen LogP contribution in [0, 0.1) is 19.8 Å². The molecule has 106 valence electrons. The van der Waals surface area contributed by atoms with Crippen LogP contribution in [0.3, 0.4) is 0 Å². The third kappa shape index (κ3) is 5.16. The lowest BCUT2D eigenvalue weighted by Gasteiger charge is -2.09. The number of aromatic nitrogens is 2. The van der Waals surface area contributed by atoms with Crippen molar-refractivity contribution >= 4 is 17.7 Å². The molecule has 1 heterocycles. The third-order valence-corrected chi connectivity index (χ3v) is 3.24. The van der Waals surface area contributed by atoms with Gasteiger partial charge in [-0.3, -0.25) is 0 Å². The molecule has 0 bridgehead atoms. The second-order valence-electron chi connectivity index (χ2n) is 4.66. The lowest BCUT2D eigenvalue weighted by atomic mass is 10.2. The highest BCUT2D eigenvalue weighted by molar-refractivity contribution is 7.99. The van der Waals surface area contributed by atoms with Crippen molar-refractivity contribution in [2.75, 3.05) is 19.0 Å². The number of ether oxygens (including phenoxy) is 1. The average Bonchev–Trinajstić information content (AvgIpc) is 2.26. The van der Waals surface area contributed by atoms with Crippen molar-refractivity contribution in [1.29, 1.82) is 0 Å². The first-order valence-corrected chi connectivity index (χ1v) is 7.19. The molecule has 6 heteroatoms. The van der Waals surface area contributed by atoms with E-state index in [4.69, 9.17) is 4.74 Å². The van der Waals surface area contributed by atoms with Gasteiger partial charge in [0.25, 0.3) is 0 Å². The summed E-state index contributed by atoms with van der Waals surface area (Å²) in [5, 5.41) is 9.71. The van der Waals surface area contributed by atoms with Gasteiger partial charge in [0.05, 0.1) is 12.3 Å². The fraction of sp³-hybridized carbons (Fsp3) is 0.615. The number of thioether (sulfide) groups is 1. The summed E-state index contributed by atoms with van der Waals surface area (Å²) in [7, 11) is 0. The molecule has 0 aliphatic carbocycles. The molecule has 0 fully saturated rings. The van der Waals surface area contributed by atoms with Crippen LogP contribution in [0.1, 0.15) is 35.7 Å². The first kappa shape index (κ1) is 15.9. The molecule has 0 unspecified atom stereocenters. The number of rotatable bonds is 7. The summed E-state index contributed by atoms with van der Waals surface area (Å²) in [5.74, 6) is 0.794. The van der Waals surface area contributed by atoms with Crippen molar-refractivity contribution in [1.82, 2.24) is 9.97 Å². The lowest BCUT2D eigenvalue weighted by Crippen LogP contribution is -2.09. The number of aromatic carboxylic acids is 1. The maximum Gasteiger partial charge on any atom is 0.340 e. The highest BCUT2D eigenvalue weighted by Gasteiger charge is 2.17. The summed E-state index contributed by atoms with van der Waals surface area (Å²) in [6.07, 6.45) is 0. The standard InChI is InChI=1S/C13H20N2O3S/c1-8(2)7-18-5-6-19-12-11(13(16)17)9(3)14-10(4)15-12/h8H,5-7H2,1-4H3,(H,16,17). The molecule has 0 amide bonds. The molecule has 1 N–H and O–H groups in total. The summed E-state index contributed by atoms with van der Waals surface area (Å²) < 4.78 is 5.47. The van der Waals surface area contributed by atoms with Crippen LogP contribution < -0.4 is 0 Å². The van der Waals surface area contributed by atoms with Gasteiger partial charge in [0, 0.05) is 12.4 Å². The Kier molecular flexibility index (Phi) is 6.24. The Labute approximate surface area is 117 Å². The van der Waals surface area contributed by atoms with Crippen molar-refractivity contribution in [3.63, 3.8) is 0 Å². The molecule has 0 aliphatic heterocycles. The van der Waals surface area contributed by atoms with Crippen LogP contribution >= 0.6 is 11.8 Å². The molecule has 0 atom stereocenters. The molecule has 1 aromatic rings. The Morgan fingerprint density at radius 3 is 2.63 bits per heavy atom. The number of carbonyl (C=O) groups is 1. The molecular formula is C13H20N2O3S. The fourth-order valence-electron chi connectivity index (χ4n) is 1.55. The smallest absolute Gasteiger partial charge is 0.340 e. The predicted octanol–water partition coefficient (Wildman–Crippen LogP) is 2.56. The Morgan fingerprint density at radius 1 is 1.37 bits per heavy atom. The molecule has 1 aromatic heterocycles. The van der Waals surface area contributed by atoms with Gasteiger partial charge in [0.15, 0.2) is 0 Å². The number of nitrogens with zero attached hydrogens (tertiary/aromatic N) is 2. The van der Waals surface area contributed by atoms with Crippen LogP contribution in [0.25, 0.3) is 0 Å². The molecular weight excluding hydrogens is 264 g/mol. The minimum Gasteiger partial charge on any atom is -0.478 e. The van der Waals surface area contributed by atoms with Crippen molar-refractivity contribution in [2.24, 2.45) is 5.92 Å². The van der Waals surface area contributed by atoms with E-state index in [1.807, 2.05) is 0 Å². The van der Waals surface area contributed by atoms with Crippen molar-refractivity contribution in [2.45, 2.75) is 32.7 Å².